The zero-order valence-electron chi connectivity index (χ0n) is 10.5. The maximum Gasteiger partial charge on any atom is 0.221 e. The minimum Gasteiger partial charge on any atom is -0.349 e. The van der Waals surface area contributed by atoms with Crippen molar-refractivity contribution >= 4 is 11.4 Å². The molecule has 5 nitrogen and oxygen atoms in total. The van der Waals surface area contributed by atoms with Crippen molar-refractivity contribution in [2.45, 2.75) is 19.4 Å². The standard InChI is InChI=1S/C13H17N5/c1-18-10(7-14)6-12(17-18)11-8-16-13-5-9(11)3-2-4-15-13/h3,6,8H,2,4-5,7,14H2,1H3,(H,15,16,17)/p+1. The van der Waals surface area contributed by atoms with Gasteiger partial charge in [0.15, 0.2) is 7.05 Å². The molecule has 0 radical (unpaired) electrons. The van der Waals surface area contributed by atoms with Crippen molar-refractivity contribution in [1.29, 1.82) is 0 Å². The normalized spacial score (nSPS) is 18.4. The number of hydrogen-bond acceptors (Lipinski definition) is 3. The lowest BCUT2D eigenvalue weighted by molar-refractivity contribution is -0.733. The van der Waals surface area contributed by atoms with Gasteiger partial charge in [-0.05, 0) is 12.0 Å². The number of aromatic amines is 1. The number of allylic oxidation sites excluding steroid dienone is 1. The molecule has 2 bridgehead atoms. The lowest BCUT2D eigenvalue weighted by Gasteiger charge is -2.17. The van der Waals surface area contributed by atoms with Crippen LogP contribution in [0.1, 0.15) is 24.2 Å². The minimum atomic E-state index is 0.541. The molecule has 0 amide bonds. The van der Waals surface area contributed by atoms with Gasteiger partial charge in [0, 0.05) is 30.8 Å². The van der Waals surface area contributed by atoms with Crippen molar-refractivity contribution in [1.82, 2.24) is 10.4 Å². The first-order valence-electron chi connectivity index (χ1n) is 6.25. The molecule has 0 aromatic carbocycles. The van der Waals surface area contributed by atoms with Crippen molar-refractivity contribution in [2.24, 2.45) is 17.8 Å². The van der Waals surface area contributed by atoms with Crippen LogP contribution in [-0.2, 0) is 13.6 Å². The molecule has 0 unspecified atom stereocenters. The highest BCUT2D eigenvalue weighted by Gasteiger charge is 2.21. The number of nitrogens with two attached hydrogens (primary N) is 1. The van der Waals surface area contributed by atoms with E-state index in [2.05, 4.69) is 27.6 Å². The number of amidine groups is 1. The van der Waals surface area contributed by atoms with Crippen molar-refractivity contribution in [2.75, 3.05) is 6.54 Å². The van der Waals surface area contributed by atoms with Gasteiger partial charge >= 0.3 is 0 Å². The van der Waals surface area contributed by atoms with Gasteiger partial charge in [0.2, 0.25) is 5.69 Å². The van der Waals surface area contributed by atoms with Gasteiger partial charge in [-0.15, -0.1) is 4.68 Å². The van der Waals surface area contributed by atoms with Gasteiger partial charge in [-0.3, -0.25) is 4.99 Å². The Hall–Kier alpha value is -1.88. The quantitative estimate of drug-likeness (QED) is 0.657. The Bertz CT molecular complexity index is 562. The van der Waals surface area contributed by atoms with Crippen molar-refractivity contribution < 1.29 is 4.68 Å². The number of hydrogen-bond donors (Lipinski definition) is 3. The number of aromatic nitrogens is 2. The van der Waals surface area contributed by atoms with Crippen LogP contribution in [0.3, 0.4) is 0 Å². The Morgan fingerprint density at radius 3 is 3.17 bits per heavy atom. The molecule has 0 atom stereocenters. The fourth-order valence-corrected chi connectivity index (χ4v) is 2.43. The Labute approximate surface area is 106 Å². The second-order valence-electron chi connectivity index (χ2n) is 4.65. The van der Waals surface area contributed by atoms with Gasteiger partial charge in [0.05, 0.1) is 6.54 Å². The molecule has 18 heavy (non-hydrogen) atoms. The van der Waals surface area contributed by atoms with Gasteiger partial charge in [0.1, 0.15) is 11.5 Å². The molecule has 0 fully saturated rings. The third-order valence-electron chi connectivity index (χ3n) is 3.44. The van der Waals surface area contributed by atoms with Crippen molar-refractivity contribution in [3.05, 3.63) is 35.3 Å². The fraction of sp³-hybridized carbons (Fsp3) is 0.385. The van der Waals surface area contributed by atoms with Gasteiger partial charge < -0.3 is 11.1 Å². The number of rotatable bonds is 2. The molecular weight excluding hydrogens is 226 g/mol. The fourth-order valence-electron chi connectivity index (χ4n) is 2.43. The van der Waals surface area contributed by atoms with Gasteiger partial charge in [-0.2, -0.15) is 5.10 Å². The predicted molar refractivity (Wildman–Crippen MR) is 70.6 cm³/mol. The molecule has 2 aliphatic heterocycles. The van der Waals surface area contributed by atoms with Crippen molar-refractivity contribution in [3.8, 4) is 0 Å². The van der Waals surface area contributed by atoms with Gasteiger partial charge in [0.25, 0.3) is 0 Å². The summed E-state index contributed by atoms with van der Waals surface area (Å²) in [6, 6.07) is 2.11. The highest BCUT2D eigenvalue weighted by molar-refractivity contribution is 5.96. The molecule has 94 valence electrons. The second kappa shape index (κ2) is 4.42. The molecule has 0 aliphatic carbocycles. The summed E-state index contributed by atoms with van der Waals surface area (Å²) in [4.78, 5) is 4.48. The molecule has 4 N–H and O–H groups in total. The first-order valence-corrected chi connectivity index (χ1v) is 6.25. The van der Waals surface area contributed by atoms with Crippen LogP contribution in [0, 0.1) is 0 Å². The second-order valence-corrected chi connectivity index (χ2v) is 4.65. The summed E-state index contributed by atoms with van der Waals surface area (Å²) >= 11 is 0. The molecule has 1 aromatic rings. The maximum absolute atomic E-state index is 5.71. The van der Waals surface area contributed by atoms with Gasteiger partial charge in [-0.1, -0.05) is 6.08 Å². The third-order valence-corrected chi connectivity index (χ3v) is 3.44. The van der Waals surface area contributed by atoms with E-state index in [1.807, 2.05) is 17.9 Å². The topological polar surface area (TPSA) is 70.1 Å². The van der Waals surface area contributed by atoms with Crippen LogP contribution in [0.25, 0.3) is 5.57 Å². The summed E-state index contributed by atoms with van der Waals surface area (Å²) in [6.07, 6.45) is 6.22. The highest BCUT2D eigenvalue weighted by atomic mass is 15.3. The minimum absolute atomic E-state index is 0.541. The molecule has 3 rings (SSSR count). The third kappa shape index (κ3) is 1.86. The summed E-state index contributed by atoms with van der Waals surface area (Å²) < 4.78 is 1.97. The van der Waals surface area contributed by atoms with E-state index < -0.39 is 0 Å². The van der Waals surface area contributed by atoms with Crippen LogP contribution in [0.4, 0.5) is 0 Å². The number of fused-ring (bicyclic) bond motifs is 2. The smallest absolute Gasteiger partial charge is 0.221 e. The van der Waals surface area contributed by atoms with Crippen LogP contribution in [0.2, 0.25) is 0 Å². The summed E-state index contributed by atoms with van der Waals surface area (Å²) in [5, 5.41) is 6.61. The monoisotopic (exact) mass is 244 g/mol. The Morgan fingerprint density at radius 1 is 1.50 bits per heavy atom. The lowest BCUT2D eigenvalue weighted by Crippen LogP contribution is -2.35. The molecule has 1 aromatic heterocycles. The van der Waals surface area contributed by atoms with Gasteiger partial charge in [-0.25, -0.2) is 0 Å². The van der Waals surface area contributed by atoms with Crippen LogP contribution in [0.5, 0.6) is 0 Å². The number of H-pyrrole nitrogens is 1. The largest absolute Gasteiger partial charge is 0.349 e. The van der Waals surface area contributed by atoms with Crippen LogP contribution in [-0.4, -0.2) is 17.5 Å². The average Bonchev–Trinajstić information content (AvgIpc) is 2.65. The number of nitrogens with one attached hydrogen (secondary N) is 2. The first kappa shape index (κ1) is 11.2. The number of aryl methyl sites for hydroxylation is 1. The van der Waals surface area contributed by atoms with Crippen LogP contribution >= 0.6 is 0 Å². The predicted octanol–water partition coefficient (Wildman–Crippen LogP) is 0.361. The lowest BCUT2D eigenvalue weighted by atomic mass is 9.97. The summed E-state index contributed by atoms with van der Waals surface area (Å²) in [6.45, 7) is 1.42. The molecule has 0 saturated heterocycles. The average molecular weight is 244 g/mol. The van der Waals surface area contributed by atoms with Crippen LogP contribution in [0.15, 0.2) is 28.9 Å². The van der Waals surface area contributed by atoms with E-state index in [1.165, 1.54) is 11.1 Å². The van der Waals surface area contributed by atoms with E-state index in [0.717, 1.165) is 36.6 Å². The number of nitrogens with zero attached hydrogens (tertiary/aromatic N) is 2. The summed E-state index contributed by atoms with van der Waals surface area (Å²) in [5.74, 6) is 1.07. The Balaban J connectivity index is 2.01. The SMILES string of the molecule is C[n+]1[nH]c(C2=CNC3=NCCC=C2C3)cc1CN. The molecule has 0 spiro atoms. The molecule has 2 aliphatic rings. The highest BCUT2D eigenvalue weighted by Crippen LogP contribution is 2.28. The van der Waals surface area contributed by atoms with E-state index in [0.29, 0.717) is 6.54 Å². The first-order chi connectivity index (χ1) is 8.78. The molecule has 5 heteroatoms. The van der Waals surface area contributed by atoms with E-state index in [4.69, 9.17) is 5.73 Å². The van der Waals surface area contributed by atoms with Crippen molar-refractivity contribution in [3.63, 3.8) is 0 Å². The van der Waals surface area contributed by atoms with E-state index in [9.17, 15) is 0 Å². The Morgan fingerprint density at radius 2 is 2.39 bits per heavy atom. The van der Waals surface area contributed by atoms with E-state index in [1.54, 1.807) is 0 Å². The Kier molecular flexibility index (Phi) is 2.76. The van der Waals surface area contributed by atoms with Crippen LogP contribution < -0.4 is 15.7 Å². The molecule has 0 saturated carbocycles. The molecular formula is C13H18N5+. The summed E-state index contributed by atoms with van der Waals surface area (Å²) in [5.41, 5.74) is 10.5. The van der Waals surface area contributed by atoms with E-state index >= 15 is 0 Å². The summed E-state index contributed by atoms with van der Waals surface area (Å²) in [7, 11) is 1.98. The maximum atomic E-state index is 5.71. The number of aliphatic imine (C=N–C) groups is 1. The zero-order chi connectivity index (χ0) is 12.5. The van der Waals surface area contributed by atoms with E-state index in [-0.39, 0.29) is 0 Å². The zero-order valence-corrected chi connectivity index (χ0v) is 10.5. The molecule has 3 heterocycles.